The van der Waals surface area contributed by atoms with Gasteiger partial charge in [0.1, 0.15) is 0 Å². The zero-order valence-electron chi connectivity index (χ0n) is 13.5. The maximum atomic E-state index is 12.6. The first-order valence-electron chi connectivity index (χ1n) is 7.62. The first kappa shape index (κ1) is 18.2. The Balaban J connectivity index is 2.75. The van der Waals surface area contributed by atoms with Crippen molar-refractivity contribution in [1.29, 1.82) is 0 Å². The molecule has 1 atom stereocenters. The van der Waals surface area contributed by atoms with Crippen LogP contribution in [0.3, 0.4) is 0 Å². The van der Waals surface area contributed by atoms with E-state index in [4.69, 9.17) is 9.84 Å². The van der Waals surface area contributed by atoms with Crippen LogP contribution in [0.15, 0.2) is 24.3 Å². The molecule has 0 spiro atoms. The second-order valence-electron chi connectivity index (χ2n) is 5.41. The summed E-state index contributed by atoms with van der Waals surface area (Å²) >= 11 is 0. The third-order valence-corrected chi connectivity index (χ3v) is 3.42. The maximum absolute atomic E-state index is 12.6. The number of hydrogen-bond donors (Lipinski definition) is 1. The third kappa shape index (κ3) is 5.85. The number of aryl methyl sites for hydroxylation is 1. The lowest BCUT2D eigenvalue weighted by atomic mass is 10.1. The number of carbonyl (C=O) groups excluding carboxylic acids is 1. The van der Waals surface area contributed by atoms with E-state index in [0.717, 1.165) is 5.56 Å². The molecule has 5 nitrogen and oxygen atoms in total. The molecule has 122 valence electrons. The van der Waals surface area contributed by atoms with Crippen molar-refractivity contribution in [3.05, 3.63) is 35.4 Å². The first-order valence-corrected chi connectivity index (χ1v) is 7.62. The van der Waals surface area contributed by atoms with Crippen LogP contribution in [0.4, 0.5) is 0 Å². The van der Waals surface area contributed by atoms with Gasteiger partial charge in [-0.1, -0.05) is 24.6 Å². The van der Waals surface area contributed by atoms with E-state index in [1.807, 2.05) is 26.0 Å². The van der Waals surface area contributed by atoms with Crippen LogP contribution in [0.2, 0.25) is 0 Å². The monoisotopic (exact) mass is 307 g/mol. The van der Waals surface area contributed by atoms with Crippen molar-refractivity contribution >= 4 is 11.9 Å². The average Bonchev–Trinajstić information content (AvgIpc) is 2.50. The highest BCUT2D eigenvalue weighted by molar-refractivity contribution is 5.94. The molecule has 0 bridgehead atoms. The number of carboxylic acid groups (broad SMARTS) is 1. The lowest BCUT2D eigenvalue weighted by Gasteiger charge is -2.24. The van der Waals surface area contributed by atoms with Crippen LogP contribution in [0.5, 0.6) is 0 Å². The summed E-state index contributed by atoms with van der Waals surface area (Å²) in [5.74, 6) is -1.63. The predicted octanol–water partition coefficient (Wildman–Crippen LogP) is 2.58. The normalized spacial score (nSPS) is 12.0. The van der Waals surface area contributed by atoms with Gasteiger partial charge < -0.3 is 14.7 Å². The Bertz CT molecular complexity index is 484. The zero-order chi connectivity index (χ0) is 16.5. The number of carbonyl (C=O) groups is 2. The van der Waals surface area contributed by atoms with Crippen molar-refractivity contribution in [3.8, 4) is 0 Å². The van der Waals surface area contributed by atoms with Crippen LogP contribution >= 0.6 is 0 Å². The highest BCUT2D eigenvalue weighted by atomic mass is 16.5. The molecule has 0 saturated carbocycles. The molecule has 0 heterocycles. The Morgan fingerprint density at radius 2 is 1.91 bits per heavy atom. The number of aliphatic carboxylic acids is 1. The Kier molecular flexibility index (Phi) is 7.60. The fraction of sp³-hybridized carbons (Fsp3) is 0.529. The van der Waals surface area contributed by atoms with Crippen LogP contribution in [-0.4, -0.2) is 48.2 Å². The van der Waals surface area contributed by atoms with Gasteiger partial charge in [-0.05, 0) is 32.4 Å². The van der Waals surface area contributed by atoms with E-state index in [1.165, 1.54) is 0 Å². The van der Waals surface area contributed by atoms with Crippen LogP contribution in [0, 0.1) is 12.8 Å². The van der Waals surface area contributed by atoms with Crippen molar-refractivity contribution in [2.45, 2.75) is 27.2 Å². The molecule has 1 aromatic carbocycles. The number of hydrogen-bond acceptors (Lipinski definition) is 3. The molecule has 5 heteroatoms. The molecule has 0 aliphatic rings. The van der Waals surface area contributed by atoms with Gasteiger partial charge in [0.15, 0.2) is 0 Å². The molecule has 0 saturated heterocycles. The minimum absolute atomic E-state index is 0.135. The van der Waals surface area contributed by atoms with Crippen LogP contribution in [0.1, 0.15) is 36.2 Å². The number of carboxylic acids is 1. The first-order chi connectivity index (χ1) is 10.5. The summed E-state index contributed by atoms with van der Waals surface area (Å²) in [5.41, 5.74) is 1.66. The number of nitrogens with zero attached hydrogens (tertiary/aromatic N) is 1. The summed E-state index contributed by atoms with van der Waals surface area (Å²) < 4.78 is 5.28. The summed E-state index contributed by atoms with van der Waals surface area (Å²) in [6, 6.07) is 7.32. The number of amides is 1. The van der Waals surface area contributed by atoms with Crippen LogP contribution in [-0.2, 0) is 9.53 Å². The van der Waals surface area contributed by atoms with Gasteiger partial charge in [0.05, 0.1) is 5.92 Å². The maximum Gasteiger partial charge on any atom is 0.308 e. The highest BCUT2D eigenvalue weighted by Crippen LogP contribution is 2.10. The Labute approximate surface area is 131 Å². The van der Waals surface area contributed by atoms with E-state index in [0.29, 0.717) is 31.7 Å². The minimum atomic E-state index is -0.897. The quantitative estimate of drug-likeness (QED) is 0.712. The van der Waals surface area contributed by atoms with Crippen LogP contribution in [0.25, 0.3) is 0 Å². The Morgan fingerprint density at radius 3 is 2.45 bits per heavy atom. The molecule has 1 rings (SSSR count). The van der Waals surface area contributed by atoms with Crippen molar-refractivity contribution in [2.75, 3.05) is 26.3 Å². The molecule has 1 N–H and O–H groups in total. The van der Waals surface area contributed by atoms with E-state index in [-0.39, 0.29) is 12.5 Å². The molecule has 0 fully saturated rings. The molecule has 1 amide bonds. The van der Waals surface area contributed by atoms with E-state index < -0.39 is 11.9 Å². The number of ether oxygens (including phenoxy) is 1. The summed E-state index contributed by atoms with van der Waals surface area (Å²) in [4.78, 5) is 25.2. The summed E-state index contributed by atoms with van der Waals surface area (Å²) in [5, 5.41) is 9.07. The van der Waals surface area contributed by atoms with Crippen LogP contribution < -0.4 is 0 Å². The molecule has 0 aliphatic carbocycles. The van der Waals surface area contributed by atoms with Crippen molar-refractivity contribution in [3.63, 3.8) is 0 Å². The van der Waals surface area contributed by atoms with Gasteiger partial charge in [0.2, 0.25) is 0 Å². The fourth-order valence-corrected chi connectivity index (χ4v) is 2.06. The number of rotatable bonds is 9. The lowest BCUT2D eigenvalue weighted by molar-refractivity contribution is -0.141. The topological polar surface area (TPSA) is 66.8 Å². The lowest BCUT2D eigenvalue weighted by Crippen LogP contribution is -2.38. The number of benzene rings is 1. The summed E-state index contributed by atoms with van der Waals surface area (Å²) in [6.45, 7) is 7.38. The summed E-state index contributed by atoms with van der Waals surface area (Å²) in [7, 11) is 0. The van der Waals surface area contributed by atoms with E-state index >= 15 is 0 Å². The molecular formula is C17H25NO4. The SMILES string of the molecule is CCOCCCN(CC(C)C(=O)O)C(=O)c1ccc(C)cc1. The standard InChI is InChI=1S/C17H25NO4/c1-4-22-11-5-10-18(12-14(3)17(20)21)16(19)15-8-6-13(2)7-9-15/h6-9,14H,4-5,10-12H2,1-3H3,(H,20,21). The Morgan fingerprint density at radius 1 is 1.27 bits per heavy atom. The molecule has 22 heavy (non-hydrogen) atoms. The van der Waals surface area contributed by atoms with Crippen molar-refractivity contribution in [2.24, 2.45) is 5.92 Å². The molecular weight excluding hydrogens is 282 g/mol. The molecule has 0 radical (unpaired) electrons. The van der Waals surface area contributed by atoms with Gasteiger partial charge in [-0.25, -0.2) is 0 Å². The van der Waals surface area contributed by atoms with Gasteiger partial charge in [0.25, 0.3) is 5.91 Å². The van der Waals surface area contributed by atoms with E-state index in [2.05, 4.69) is 0 Å². The second-order valence-corrected chi connectivity index (χ2v) is 5.41. The zero-order valence-corrected chi connectivity index (χ0v) is 13.5. The van der Waals surface area contributed by atoms with Gasteiger partial charge in [0, 0.05) is 31.9 Å². The predicted molar refractivity (Wildman–Crippen MR) is 85.0 cm³/mol. The average molecular weight is 307 g/mol. The van der Waals surface area contributed by atoms with E-state index in [1.54, 1.807) is 24.0 Å². The fourth-order valence-electron chi connectivity index (χ4n) is 2.06. The van der Waals surface area contributed by atoms with Gasteiger partial charge in [-0.3, -0.25) is 9.59 Å². The van der Waals surface area contributed by atoms with Crippen molar-refractivity contribution < 1.29 is 19.4 Å². The second kappa shape index (κ2) is 9.20. The largest absolute Gasteiger partial charge is 0.481 e. The molecule has 1 aromatic rings. The van der Waals surface area contributed by atoms with Gasteiger partial charge in [-0.15, -0.1) is 0 Å². The molecule has 1 unspecified atom stereocenters. The van der Waals surface area contributed by atoms with Gasteiger partial charge >= 0.3 is 5.97 Å². The van der Waals surface area contributed by atoms with Gasteiger partial charge in [-0.2, -0.15) is 0 Å². The highest BCUT2D eigenvalue weighted by Gasteiger charge is 2.21. The minimum Gasteiger partial charge on any atom is -0.481 e. The molecule has 0 aromatic heterocycles. The van der Waals surface area contributed by atoms with Crippen molar-refractivity contribution in [1.82, 2.24) is 4.90 Å². The molecule has 0 aliphatic heterocycles. The smallest absolute Gasteiger partial charge is 0.308 e. The third-order valence-electron chi connectivity index (χ3n) is 3.42. The Hall–Kier alpha value is -1.88. The summed E-state index contributed by atoms with van der Waals surface area (Å²) in [6.07, 6.45) is 0.692. The van der Waals surface area contributed by atoms with E-state index in [9.17, 15) is 9.59 Å².